The molecule has 0 radical (unpaired) electrons. The van der Waals surface area contributed by atoms with Gasteiger partial charge in [-0.05, 0) is 12.1 Å². The van der Waals surface area contributed by atoms with Crippen LogP contribution in [0, 0.1) is 0 Å². The lowest BCUT2D eigenvalue weighted by Gasteiger charge is -2.22. The van der Waals surface area contributed by atoms with Crippen LogP contribution in [-0.2, 0) is 0 Å². The Morgan fingerprint density at radius 2 is 1.89 bits per heavy atom. The Hall–Kier alpha value is -0.910. The van der Waals surface area contributed by atoms with E-state index in [9.17, 15) is 13.6 Å². The number of benzene rings is 1. The molecule has 0 aliphatic heterocycles. The van der Waals surface area contributed by atoms with Gasteiger partial charge in [-0.15, -0.1) is 0 Å². The molecule has 0 aliphatic rings. The van der Waals surface area contributed by atoms with Gasteiger partial charge < -0.3 is 10.0 Å². The predicted octanol–water partition coefficient (Wildman–Crippen LogP) is 2.69. The fourth-order valence-corrected chi connectivity index (χ4v) is 1.98. The monoisotopic (exact) mass is 297 g/mol. The number of hydrogen-bond acceptors (Lipinski definition) is 2. The van der Waals surface area contributed by atoms with Crippen LogP contribution < -0.4 is 0 Å². The van der Waals surface area contributed by atoms with E-state index in [0.717, 1.165) is 4.90 Å². The molecule has 0 heterocycles. The summed E-state index contributed by atoms with van der Waals surface area (Å²) in [6, 6.07) is 4.44. The lowest BCUT2D eigenvalue weighted by molar-refractivity contribution is 0.0509. The van der Waals surface area contributed by atoms with Crippen LogP contribution in [-0.4, -0.2) is 42.0 Å². The van der Waals surface area contributed by atoms with E-state index >= 15 is 0 Å². The van der Waals surface area contributed by atoms with Crippen LogP contribution in [0.2, 0.25) is 10.0 Å². The molecular formula is C11H11Cl2F2NO2. The predicted molar refractivity (Wildman–Crippen MR) is 65.5 cm³/mol. The zero-order valence-electron chi connectivity index (χ0n) is 9.25. The van der Waals surface area contributed by atoms with Gasteiger partial charge in [0.05, 0.1) is 28.8 Å². The molecule has 3 nitrogen and oxygen atoms in total. The first-order valence-electron chi connectivity index (χ1n) is 5.09. The van der Waals surface area contributed by atoms with E-state index in [0.29, 0.717) is 0 Å². The van der Waals surface area contributed by atoms with Crippen molar-refractivity contribution in [2.24, 2.45) is 0 Å². The first-order valence-corrected chi connectivity index (χ1v) is 5.85. The number of aliphatic hydroxyl groups is 1. The average Bonchev–Trinajstić information content (AvgIpc) is 2.27. The zero-order chi connectivity index (χ0) is 13.7. The van der Waals surface area contributed by atoms with Gasteiger partial charge in [-0.1, -0.05) is 29.3 Å². The minimum atomic E-state index is -2.69. The molecule has 0 atom stereocenters. The van der Waals surface area contributed by atoms with E-state index in [-0.39, 0.29) is 22.2 Å². The number of amides is 1. The summed E-state index contributed by atoms with van der Waals surface area (Å²) in [5, 5.41) is 8.95. The third-order valence-electron chi connectivity index (χ3n) is 2.19. The summed E-state index contributed by atoms with van der Waals surface area (Å²) in [6.45, 7) is -1.40. The number of alkyl halides is 2. The topological polar surface area (TPSA) is 40.5 Å². The maximum absolute atomic E-state index is 12.3. The minimum absolute atomic E-state index is 0.0325. The lowest BCUT2D eigenvalue weighted by atomic mass is 10.2. The Bertz CT molecular complexity index is 409. The van der Waals surface area contributed by atoms with Crippen molar-refractivity contribution in [1.82, 2.24) is 4.90 Å². The van der Waals surface area contributed by atoms with Gasteiger partial charge in [0.25, 0.3) is 12.3 Å². The van der Waals surface area contributed by atoms with Crippen molar-refractivity contribution in [3.63, 3.8) is 0 Å². The normalized spacial score (nSPS) is 10.8. The molecule has 1 rings (SSSR count). The van der Waals surface area contributed by atoms with Crippen molar-refractivity contribution >= 4 is 29.1 Å². The molecule has 0 saturated heterocycles. The first kappa shape index (κ1) is 15.1. The molecule has 0 bridgehead atoms. The Kier molecular flexibility index (Phi) is 5.78. The first-order chi connectivity index (χ1) is 8.47. The van der Waals surface area contributed by atoms with Gasteiger partial charge in [-0.25, -0.2) is 8.78 Å². The molecule has 1 N–H and O–H groups in total. The van der Waals surface area contributed by atoms with Crippen LogP contribution in [0.15, 0.2) is 18.2 Å². The fraction of sp³-hybridized carbons (Fsp3) is 0.364. The number of hydrogen-bond donors (Lipinski definition) is 1. The summed E-state index contributed by atoms with van der Waals surface area (Å²) in [7, 11) is 0. The molecule has 100 valence electrons. The molecule has 0 aliphatic carbocycles. The lowest BCUT2D eigenvalue weighted by Crippen LogP contribution is -2.37. The number of rotatable bonds is 5. The second-order valence-electron chi connectivity index (χ2n) is 3.46. The number of carbonyl (C=O) groups excluding carboxylic acids is 1. The summed E-state index contributed by atoms with van der Waals surface area (Å²) in [5.74, 6) is -0.722. The van der Waals surface area contributed by atoms with E-state index in [1.165, 1.54) is 12.1 Å². The molecule has 0 aromatic heterocycles. The molecular weight excluding hydrogens is 287 g/mol. The Morgan fingerprint density at radius 1 is 1.33 bits per heavy atom. The molecule has 0 fully saturated rings. The van der Waals surface area contributed by atoms with Crippen molar-refractivity contribution in [3.8, 4) is 0 Å². The van der Waals surface area contributed by atoms with Crippen molar-refractivity contribution < 1.29 is 18.7 Å². The Labute approximate surface area is 113 Å². The van der Waals surface area contributed by atoms with Crippen LogP contribution >= 0.6 is 23.2 Å². The van der Waals surface area contributed by atoms with E-state index < -0.39 is 25.5 Å². The summed E-state index contributed by atoms with van der Waals surface area (Å²) in [6.07, 6.45) is -2.69. The van der Waals surface area contributed by atoms with Gasteiger partial charge in [-0.2, -0.15) is 0 Å². The second-order valence-corrected chi connectivity index (χ2v) is 4.28. The van der Waals surface area contributed by atoms with E-state index in [4.69, 9.17) is 28.3 Å². The minimum Gasteiger partial charge on any atom is -0.395 e. The van der Waals surface area contributed by atoms with Crippen molar-refractivity contribution in [2.75, 3.05) is 19.7 Å². The highest BCUT2D eigenvalue weighted by atomic mass is 35.5. The second kappa shape index (κ2) is 6.87. The quantitative estimate of drug-likeness (QED) is 0.908. The van der Waals surface area contributed by atoms with Crippen LogP contribution in [0.3, 0.4) is 0 Å². The zero-order valence-corrected chi connectivity index (χ0v) is 10.8. The summed E-state index contributed by atoms with van der Waals surface area (Å²) < 4.78 is 24.7. The van der Waals surface area contributed by atoms with Gasteiger partial charge in [-0.3, -0.25) is 4.79 Å². The van der Waals surface area contributed by atoms with Crippen LogP contribution in [0.25, 0.3) is 0 Å². The highest BCUT2D eigenvalue weighted by molar-refractivity contribution is 6.39. The van der Waals surface area contributed by atoms with E-state index in [2.05, 4.69) is 0 Å². The molecule has 1 aromatic carbocycles. The summed E-state index contributed by atoms with van der Waals surface area (Å²) >= 11 is 11.6. The maximum atomic E-state index is 12.3. The van der Waals surface area contributed by atoms with Crippen LogP contribution in [0.1, 0.15) is 10.4 Å². The molecule has 0 spiro atoms. The smallest absolute Gasteiger partial charge is 0.257 e. The van der Waals surface area contributed by atoms with Crippen molar-refractivity contribution in [1.29, 1.82) is 0 Å². The number of halogens is 4. The van der Waals surface area contributed by atoms with Gasteiger partial charge in [0.1, 0.15) is 0 Å². The largest absolute Gasteiger partial charge is 0.395 e. The van der Waals surface area contributed by atoms with E-state index in [1.807, 2.05) is 0 Å². The fourth-order valence-electron chi connectivity index (χ4n) is 1.42. The van der Waals surface area contributed by atoms with Gasteiger partial charge in [0, 0.05) is 6.54 Å². The molecule has 18 heavy (non-hydrogen) atoms. The van der Waals surface area contributed by atoms with E-state index in [1.54, 1.807) is 6.07 Å². The highest BCUT2D eigenvalue weighted by Crippen LogP contribution is 2.25. The molecule has 7 heteroatoms. The van der Waals surface area contributed by atoms with Gasteiger partial charge in [0.15, 0.2) is 0 Å². The van der Waals surface area contributed by atoms with Gasteiger partial charge in [0.2, 0.25) is 0 Å². The summed E-state index contributed by atoms with van der Waals surface area (Å²) in [5.41, 5.74) is -0.0325. The average molecular weight is 298 g/mol. The Morgan fingerprint density at radius 3 is 2.33 bits per heavy atom. The molecule has 0 saturated carbocycles. The molecule has 0 unspecified atom stereocenters. The summed E-state index contributed by atoms with van der Waals surface area (Å²) in [4.78, 5) is 12.8. The third kappa shape index (κ3) is 3.80. The third-order valence-corrected chi connectivity index (χ3v) is 2.82. The van der Waals surface area contributed by atoms with Crippen molar-refractivity contribution in [3.05, 3.63) is 33.8 Å². The van der Waals surface area contributed by atoms with Gasteiger partial charge >= 0.3 is 0 Å². The SMILES string of the molecule is O=C(c1c(Cl)cccc1Cl)N(CCO)CC(F)F. The highest BCUT2D eigenvalue weighted by Gasteiger charge is 2.23. The standard InChI is InChI=1S/C11H11Cl2F2NO2/c12-7-2-1-3-8(13)10(7)11(18)16(4-5-17)6-9(14)15/h1-3,9,17H,4-6H2. The molecule has 1 aromatic rings. The number of carbonyl (C=O) groups is 1. The number of nitrogens with zero attached hydrogens (tertiary/aromatic N) is 1. The Balaban J connectivity index is 3.01. The molecule has 1 amide bonds. The van der Waals surface area contributed by atoms with Crippen molar-refractivity contribution in [2.45, 2.75) is 6.43 Å². The van der Waals surface area contributed by atoms with Crippen LogP contribution in [0.5, 0.6) is 0 Å². The maximum Gasteiger partial charge on any atom is 0.257 e. The van der Waals surface area contributed by atoms with Crippen LogP contribution in [0.4, 0.5) is 8.78 Å². The number of aliphatic hydroxyl groups excluding tert-OH is 1.